The summed E-state index contributed by atoms with van der Waals surface area (Å²) in [7, 11) is 0. The molecule has 0 spiro atoms. The van der Waals surface area contributed by atoms with Gasteiger partial charge in [-0.15, -0.1) is 0 Å². The third kappa shape index (κ3) is 3.49. The number of alkyl halides is 3. The molecular weight excluding hydrogens is 457 g/mol. The minimum atomic E-state index is -4.65. The van der Waals surface area contributed by atoms with Crippen LogP contribution >= 0.6 is 11.6 Å². The van der Waals surface area contributed by atoms with Crippen molar-refractivity contribution in [1.29, 1.82) is 0 Å². The number of hydrogen-bond acceptors (Lipinski definition) is 4. The van der Waals surface area contributed by atoms with E-state index in [-0.39, 0.29) is 16.1 Å². The van der Waals surface area contributed by atoms with Gasteiger partial charge in [0.2, 0.25) is 0 Å². The fraction of sp³-hybridized carbons (Fsp3) is 0.391. The number of aromatic nitrogens is 4. The lowest BCUT2D eigenvalue weighted by molar-refractivity contribution is -0.143. The third-order valence-electron chi connectivity index (χ3n) is 6.65. The standard InChI is InChI=1S/C23H20ClF3N4O2/c24-15-8-11-28-20(23(25,26)27)18(15)22(9-3-10-22)31-17-5-2-1-4-14(17)19(30-31)16-7-6-13(12-29-16)21(32)33/h6-8,11-12H,1-5,9-10H2,(H,32,33). The SMILES string of the molecule is O=C(O)c1ccc(-c2nn(C3(c4c(Cl)ccnc4C(F)(F)F)CCC3)c3c2CCCC3)nc1. The maximum absolute atomic E-state index is 13.9. The molecule has 3 heterocycles. The fourth-order valence-corrected chi connectivity index (χ4v) is 5.32. The van der Waals surface area contributed by atoms with E-state index in [9.17, 15) is 18.0 Å². The van der Waals surface area contributed by atoms with Crippen LogP contribution in [0.1, 0.15) is 65.0 Å². The van der Waals surface area contributed by atoms with Crippen LogP contribution in [-0.4, -0.2) is 30.8 Å². The van der Waals surface area contributed by atoms with Crippen molar-refractivity contribution in [2.45, 2.75) is 56.7 Å². The molecule has 5 rings (SSSR count). The number of aromatic carboxylic acids is 1. The van der Waals surface area contributed by atoms with Gasteiger partial charge >= 0.3 is 12.1 Å². The van der Waals surface area contributed by atoms with Crippen molar-refractivity contribution in [2.24, 2.45) is 0 Å². The van der Waals surface area contributed by atoms with Gasteiger partial charge in [0.05, 0.1) is 16.8 Å². The van der Waals surface area contributed by atoms with Gasteiger partial charge in [0.15, 0.2) is 5.69 Å². The van der Waals surface area contributed by atoms with E-state index >= 15 is 0 Å². The van der Waals surface area contributed by atoms with Gasteiger partial charge in [0, 0.05) is 34.2 Å². The number of pyridine rings is 2. The van der Waals surface area contributed by atoms with Gasteiger partial charge in [-0.1, -0.05) is 11.6 Å². The highest BCUT2D eigenvalue weighted by molar-refractivity contribution is 6.31. The van der Waals surface area contributed by atoms with E-state index in [4.69, 9.17) is 21.8 Å². The number of fused-ring (bicyclic) bond motifs is 1. The van der Waals surface area contributed by atoms with E-state index < -0.39 is 23.4 Å². The smallest absolute Gasteiger partial charge is 0.433 e. The molecule has 2 aliphatic rings. The molecule has 1 fully saturated rings. The summed E-state index contributed by atoms with van der Waals surface area (Å²) in [6, 6.07) is 4.45. The summed E-state index contributed by atoms with van der Waals surface area (Å²) in [4.78, 5) is 19.2. The van der Waals surface area contributed by atoms with Crippen molar-refractivity contribution in [2.75, 3.05) is 0 Å². The highest BCUT2D eigenvalue weighted by Gasteiger charge is 2.51. The van der Waals surface area contributed by atoms with Crippen LogP contribution in [-0.2, 0) is 24.6 Å². The highest BCUT2D eigenvalue weighted by Crippen LogP contribution is 2.52. The number of nitrogens with zero attached hydrogens (tertiary/aromatic N) is 4. The number of hydrogen-bond donors (Lipinski definition) is 1. The van der Waals surface area contributed by atoms with Crippen LogP contribution in [0.2, 0.25) is 5.02 Å². The van der Waals surface area contributed by atoms with Gasteiger partial charge in [-0.25, -0.2) is 4.79 Å². The van der Waals surface area contributed by atoms with Crippen molar-refractivity contribution in [3.8, 4) is 11.4 Å². The van der Waals surface area contributed by atoms with Gasteiger partial charge in [0.25, 0.3) is 0 Å². The first-order chi connectivity index (χ1) is 15.7. The predicted molar refractivity (Wildman–Crippen MR) is 114 cm³/mol. The number of carboxylic acids is 1. The van der Waals surface area contributed by atoms with Gasteiger partial charge in [-0.3, -0.25) is 14.6 Å². The number of halogens is 4. The van der Waals surface area contributed by atoms with Gasteiger partial charge in [-0.05, 0) is 63.1 Å². The molecule has 0 atom stereocenters. The summed E-state index contributed by atoms with van der Waals surface area (Å²) < 4.78 is 43.6. The average molecular weight is 477 g/mol. The first-order valence-electron chi connectivity index (χ1n) is 10.8. The second kappa shape index (κ2) is 7.83. The van der Waals surface area contributed by atoms with E-state index in [0.29, 0.717) is 30.7 Å². The fourth-order valence-electron chi connectivity index (χ4n) is 4.99. The summed E-state index contributed by atoms with van der Waals surface area (Å²) in [6.07, 6.45) is 2.67. The van der Waals surface area contributed by atoms with Gasteiger partial charge < -0.3 is 5.11 Å². The van der Waals surface area contributed by atoms with E-state index in [1.54, 1.807) is 10.7 Å². The van der Waals surface area contributed by atoms with E-state index in [2.05, 4.69) is 9.97 Å². The Bertz CT molecular complexity index is 1230. The highest BCUT2D eigenvalue weighted by atomic mass is 35.5. The minimum absolute atomic E-state index is 0.0259. The Labute approximate surface area is 192 Å². The molecule has 3 aromatic rings. The van der Waals surface area contributed by atoms with Crippen LogP contribution in [0.3, 0.4) is 0 Å². The molecule has 2 aliphatic carbocycles. The van der Waals surface area contributed by atoms with Crippen LogP contribution < -0.4 is 0 Å². The molecule has 0 bridgehead atoms. The minimum Gasteiger partial charge on any atom is -0.478 e. The lowest BCUT2D eigenvalue weighted by atomic mass is 9.70. The Balaban J connectivity index is 1.71. The monoisotopic (exact) mass is 476 g/mol. The van der Waals surface area contributed by atoms with E-state index in [1.807, 2.05) is 0 Å². The second-order valence-electron chi connectivity index (χ2n) is 8.53. The van der Waals surface area contributed by atoms with Crippen LogP contribution in [0.15, 0.2) is 30.6 Å². The second-order valence-corrected chi connectivity index (χ2v) is 8.94. The van der Waals surface area contributed by atoms with Crippen molar-refractivity contribution >= 4 is 17.6 Å². The van der Waals surface area contributed by atoms with Gasteiger partial charge in [0.1, 0.15) is 5.69 Å². The molecule has 0 unspecified atom stereocenters. The molecule has 1 N–H and O–H groups in total. The number of rotatable bonds is 4. The summed E-state index contributed by atoms with van der Waals surface area (Å²) in [5, 5.41) is 14.0. The van der Waals surface area contributed by atoms with Crippen LogP contribution in [0.5, 0.6) is 0 Å². The molecule has 0 amide bonds. The third-order valence-corrected chi connectivity index (χ3v) is 6.97. The van der Waals surface area contributed by atoms with Crippen molar-refractivity contribution in [3.05, 3.63) is 63.7 Å². The Morgan fingerprint density at radius 1 is 1.09 bits per heavy atom. The molecule has 172 valence electrons. The zero-order chi connectivity index (χ0) is 23.4. The zero-order valence-electron chi connectivity index (χ0n) is 17.5. The molecule has 0 radical (unpaired) electrons. The molecule has 10 heteroatoms. The maximum atomic E-state index is 13.9. The molecule has 0 aliphatic heterocycles. The van der Waals surface area contributed by atoms with Crippen molar-refractivity contribution in [1.82, 2.24) is 19.7 Å². The molecule has 6 nitrogen and oxygen atoms in total. The predicted octanol–water partition coefficient (Wildman–Crippen LogP) is 5.52. The Kier molecular flexibility index (Phi) is 5.19. The largest absolute Gasteiger partial charge is 0.478 e. The first kappa shape index (κ1) is 21.9. The lowest BCUT2D eigenvalue weighted by Gasteiger charge is -2.45. The zero-order valence-corrected chi connectivity index (χ0v) is 18.2. The first-order valence-corrected chi connectivity index (χ1v) is 11.1. The van der Waals surface area contributed by atoms with Crippen LogP contribution in [0.25, 0.3) is 11.4 Å². The normalized spacial score (nSPS) is 17.3. The summed E-state index contributed by atoms with van der Waals surface area (Å²) in [5.41, 5.74) is 0.962. The van der Waals surface area contributed by atoms with Crippen molar-refractivity contribution < 1.29 is 23.1 Å². The summed E-state index contributed by atoms with van der Waals surface area (Å²) in [5.74, 6) is -1.08. The number of carbonyl (C=O) groups is 1. The van der Waals surface area contributed by atoms with E-state index in [1.165, 1.54) is 18.3 Å². The number of carboxylic acid groups (broad SMARTS) is 1. The molecular formula is C23H20ClF3N4O2. The van der Waals surface area contributed by atoms with Gasteiger partial charge in [-0.2, -0.15) is 18.3 Å². The average Bonchev–Trinajstić information content (AvgIpc) is 3.13. The topological polar surface area (TPSA) is 80.9 Å². The Morgan fingerprint density at radius 3 is 2.45 bits per heavy atom. The summed E-state index contributed by atoms with van der Waals surface area (Å²) >= 11 is 6.39. The van der Waals surface area contributed by atoms with Crippen molar-refractivity contribution in [3.63, 3.8) is 0 Å². The molecule has 33 heavy (non-hydrogen) atoms. The maximum Gasteiger partial charge on any atom is 0.433 e. The summed E-state index contributed by atoms with van der Waals surface area (Å²) in [6.45, 7) is 0. The lowest BCUT2D eigenvalue weighted by Crippen LogP contribution is -2.45. The van der Waals surface area contributed by atoms with E-state index in [0.717, 1.165) is 43.1 Å². The molecule has 0 aromatic carbocycles. The molecule has 0 saturated heterocycles. The van der Waals surface area contributed by atoms with Crippen LogP contribution in [0.4, 0.5) is 13.2 Å². The Morgan fingerprint density at radius 2 is 1.85 bits per heavy atom. The van der Waals surface area contributed by atoms with Crippen LogP contribution in [0, 0.1) is 0 Å². The molecule has 1 saturated carbocycles. The quantitative estimate of drug-likeness (QED) is 0.536. The Hall–Kier alpha value is -2.94. The molecule has 3 aromatic heterocycles.